The molecule has 6 heteroatoms. The van der Waals surface area contributed by atoms with Gasteiger partial charge in [-0.3, -0.25) is 10.1 Å². The first-order valence-electron chi connectivity index (χ1n) is 5.89. The third-order valence-electron chi connectivity index (χ3n) is 2.97. The minimum Gasteiger partial charge on any atom is -0.496 e. The third-order valence-corrected chi connectivity index (χ3v) is 2.97. The molecule has 1 unspecified atom stereocenters. The Kier molecular flexibility index (Phi) is 3.99. The average Bonchev–Trinajstić information content (AvgIpc) is 2.89. The highest BCUT2D eigenvalue weighted by molar-refractivity contribution is 5.50. The lowest BCUT2D eigenvalue weighted by molar-refractivity contribution is -0.386. The van der Waals surface area contributed by atoms with Crippen molar-refractivity contribution in [3.8, 4) is 11.5 Å². The predicted octanol–water partition coefficient (Wildman–Crippen LogP) is 1.73. The van der Waals surface area contributed by atoms with E-state index in [9.17, 15) is 10.1 Å². The first-order valence-corrected chi connectivity index (χ1v) is 5.89. The fourth-order valence-corrected chi connectivity index (χ4v) is 1.98. The lowest BCUT2D eigenvalue weighted by Crippen LogP contribution is -2.28. The maximum atomic E-state index is 10.9. The van der Waals surface area contributed by atoms with Crippen LogP contribution in [0.2, 0.25) is 0 Å². The van der Waals surface area contributed by atoms with Crippen molar-refractivity contribution in [2.24, 2.45) is 0 Å². The van der Waals surface area contributed by atoms with Crippen molar-refractivity contribution in [3.63, 3.8) is 0 Å². The van der Waals surface area contributed by atoms with Crippen LogP contribution in [-0.4, -0.2) is 31.2 Å². The van der Waals surface area contributed by atoms with E-state index in [2.05, 4.69) is 5.32 Å². The van der Waals surface area contributed by atoms with Gasteiger partial charge in [-0.15, -0.1) is 0 Å². The molecular weight excluding hydrogens is 236 g/mol. The van der Waals surface area contributed by atoms with Crippen LogP contribution in [0.4, 0.5) is 5.69 Å². The van der Waals surface area contributed by atoms with E-state index in [1.54, 1.807) is 12.1 Å². The van der Waals surface area contributed by atoms with E-state index in [0.29, 0.717) is 12.4 Å². The van der Waals surface area contributed by atoms with E-state index in [0.717, 1.165) is 19.4 Å². The van der Waals surface area contributed by atoms with Gasteiger partial charge in [-0.25, -0.2) is 0 Å². The predicted molar refractivity (Wildman–Crippen MR) is 66.2 cm³/mol. The fraction of sp³-hybridized carbons (Fsp3) is 0.500. The number of hydrogen-bond acceptors (Lipinski definition) is 5. The summed E-state index contributed by atoms with van der Waals surface area (Å²) in [7, 11) is 1.47. The standard InChI is InChI=1S/C12H16N2O4/c1-17-10-4-5-12(11(7-10)14(15)16)18-8-9-3-2-6-13-9/h4-5,7,9,13H,2-3,6,8H2,1H3. The Hall–Kier alpha value is -1.82. The van der Waals surface area contributed by atoms with E-state index in [4.69, 9.17) is 9.47 Å². The summed E-state index contributed by atoms with van der Waals surface area (Å²) >= 11 is 0. The van der Waals surface area contributed by atoms with Gasteiger partial charge < -0.3 is 14.8 Å². The summed E-state index contributed by atoms with van der Waals surface area (Å²) in [5.74, 6) is 0.738. The van der Waals surface area contributed by atoms with E-state index in [1.807, 2.05) is 0 Å². The number of nitrogens with zero attached hydrogens (tertiary/aromatic N) is 1. The number of ether oxygens (including phenoxy) is 2. The van der Waals surface area contributed by atoms with Gasteiger partial charge in [0.25, 0.3) is 0 Å². The van der Waals surface area contributed by atoms with Crippen LogP contribution in [0.5, 0.6) is 11.5 Å². The largest absolute Gasteiger partial charge is 0.496 e. The molecule has 18 heavy (non-hydrogen) atoms. The molecule has 0 bridgehead atoms. The van der Waals surface area contributed by atoms with Crippen molar-refractivity contribution in [2.75, 3.05) is 20.3 Å². The fourth-order valence-electron chi connectivity index (χ4n) is 1.98. The molecule has 6 nitrogen and oxygen atoms in total. The van der Waals surface area contributed by atoms with Crippen LogP contribution in [0.3, 0.4) is 0 Å². The number of hydrogen-bond donors (Lipinski definition) is 1. The minimum absolute atomic E-state index is 0.0626. The van der Waals surface area contributed by atoms with Crippen molar-refractivity contribution in [1.29, 1.82) is 0 Å². The molecule has 1 aliphatic rings. The van der Waals surface area contributed by atoms with Gasteiger partial charge in [0.2, 0.25) is 0 Å². The van der Waals surface area contributed by atoms with Gasteiger partial charge >= 0.3 is 5.69 Å². The molecule has 1 aromatic rings. The summed E-state index contributed by atoms with van der Waals surface area (Å²) < 4.78 is 10.5. The highest BCUT2D eigenvalue weighted by atomic mass is 16.6. The normalized spacial score (nSPS) is 18.6. The van der Waals surface area contributed by atoms with Gasteiger partial charge in [0.15, 0.2) is 5.75 Å². The van der Waals surface area contributed by atoms with Crippen molar-refractivity contribution in [1.82, 2.24) is 5.32 Å². The molecule has 0 saturated carbocycles. The summed E-state index contributed by atoms with van der Waals surface area (Å²) in [4.78, 5) is 10.5. The van der Waals surface area contributed by atoms with Crippen molar-refractivity contribution < 1.29 is 14.4 Å². The van der Waals surface area contributed by atoms with Crippen LogP contribution >= 0.6 is 0 Å². The van der Waals surface area contributed by atoms with Crippen LogP contribution in [0.1, 0.15) is 12.8 Å². The quantitative estimate of drug-likeness (QED) is 0.638. The van der Waals surface area contributed by atoms with Crippen LogP contribution in [-0.2, 0) is 0 Å². The third kappa shape index (κ3) is 2.89. The zero-order valence-electron chi connectivity index (χ0n) is 10.2. The second-order valence-electron chi connectivity index (χ2n) is 4.20. The number of benzene rings is 1. The maximum Gasteiger partial charge on any atom is 0.314 e. The molecular formula is C12H16N2O4. The monoisotopic (exact) mass is 252 g/mol. The Bertz CT molecular complexity index is 430. The molecule has 0 aromatic heterocycles. The second kappa shape index (κ2) is 5.68. The number of rotatable bonds is 5. The van der Waals surface area contributed by atoms with Crippen LogP contribution in [0.15, 0.2) is 18.2 Å². The number of nitro benzene ring substituents is 1. The summed E-state index contributed by atoms with van der Waals surface area (Å²) in [6.45, 7) is 1.44. The summed E-state index contributed by atoms with van der Waals surface area (Å²) in [5, 5.41) is 14.2. The van der Waals surface area contributed by atoms with E-state index >= 15 is 0 Å². The SMILES string of the molecule is COc1ccc(OCC2CCCN2)c([N+](=O)[O-])c1. The Balaban J connectivity index is 2.08. The van der Waals surface area contributed by atoms with Crippen molar-refractivity contribution in [2.45, 2.75) is 18.9 Å². The molecule has 2 rings (SSSR count). The molecule has 1 atom stereocenters. The number of nitrogens with one attached hydrogen (secondary N) is 1. The Morgan fingerprint density at radius 2 is 2.39 bits per heavy atom. The first kappa shape index (κ1) is 12.6. The Morgan fingerprint density at radius 3 is 3.00 bits per heavy atom. The zero-order valence-corrected chi connectivity index (χ0v) is 10.2. The molecule has 0 aliphatic carbocycles. The molecule has 0 amide bonds. The topological polar surface area (TPSA) is 73.6 Å². The summed E-state index contributed by atoms with van der Waals surface area (Å²) in [5.41, 5.74) is -0.0626. The molecule has 0 spiro atoms. The molecule has 1 aliphatic heterocycles. The zero-order chi connectivity index (χ0) is 13.0. The van der Waals surface area contributed by atoms with Crippen LogP contribution < -0.4 is 14.8 Å². The van der Waals surface area contributed by atoms with E-state index in [1.165, 1.54) is 13.2 Å². The number of nitro groups is 1. The Morgan fingerprint density at radius 1 is 1.56 bits per heavy atom. The van der Waals surface area contributed by atoms with Gasteiger partial charge in [-0.05, 0) is 31.5 Å². The molecule has 1 aromatic carbocycles. The summed E-state index contributed by atoms with van der Waals surface area (Å²) in [6, 6.07) is 4.89. The van der Waals surface area contributed by atoms with Crippen molar-refractivity contribution >= 4 is 5.69 Å². The van der Waals surface area contributed by atoms with Gasteiger partial charge in [-0.2, -0.15) is 0 Å². The molecule has 98 valence electrons. The highest BCUT2D eigenvalue weighted by Gasteiger charge is 2.19. The van der Waals surface area contributed by atoms with Crippen molar-refractivity contribution in [3.05, 3.63) is 28.3 Å². The van der Waals surface area contributed by atoms with Crippen LogP contribution in [0.25, 0.3) is 0 Å². The summed E-state index contributed by atoms with van der Waals surface area (Å²) in [6.07, 6.45) is 2.17. The lowest BCUT2D eigenvalue weighted by atomic mass is 10.2. The minimum atomic E-state index is -0.458. The molecule has 1 saturated heterocycles. The van der Waals surface area contributed by atoms with Crippen LogP contribution in [0, 0.1) is 10.1 Å². The van der Waals surface area contributed by atoms with Gasteiger partial charge in [-0.1, -0.05) is 0 Å². The number of methoxy groups -OCH3 is 1. The van der Waals surface area contributed by atoms with E-state index < -0.39 is 4.92 Å². The molecule has 1 N–H and O–H groups in total. The molecule has 1 fully saturated rings. The maximum absolute atomic E-state index is 10.9. The Labute approximate surface area is 105 Å². The highest BCUT2D eigenvalue weighted by Crippen LogP contribution is 2.31. The first-order chi connectivity index (χ1) is 8.70. The van der Waals surface area contributed by atoms with Gasteiger partial charge in [0.05, 0.1) is 18.1 Å². The lowest BCUT2D eigenvalue weighted by Gasteiger charge is -2.12. The van der Waals surface area contributed by atoms with E-state index in [-0.39, 0.29) is 17.5 Å². The molecule has 1 heterocycles. The van der Waals surface area contributed by atoms with Gasteiger partial charge in [0.1, 0.15) is 12.4 Å². The average molecular weight is 252 g/mol. The second-order valence-corrected chi connectivity index (χ2v) is 4.20. The van der Waals surface area contributed by atoms with Gasteiger partial charge in [0, 0.05) is 6.04 Å². The molecule has 0 radical (unpaired) electrons. The smallest absolute Gasteiger partial charge is 0.314 e.